The molecule has 100 valence electrons. The van der Waals surface area contributed by atoms with Gasteiger partial charge in [-0.15, -0.1) is 0 Å². The summed E-state index contributed by atoms with van der Waals surface area (Å²) in [6.45, 7) is 6.73. The maximum atomic E-state index is 4.37. The summed E-state index contributed by atoms with van der Waals surface area (Å²) in [6.07, 6.45) is 6.26. The van der Waals surface area contributed by atoms with Crippen molar-refractivity contribution < 1.29 is 0 Å². The third-order valence-corrected chi connectivity index (χ3v) is 4.39. The molecule has 2 heterocycles. The van der Waals surface area contributed by atoms with Crippen LogP contribution in [0.4, 0.5) is 5.69 Å². The first-order chi connectivity index (χ1) is 9.33. The quantitative estimate of drug-likeness (QED) is 0.695. The van der Waals surface area contributed by atoms with E-state index in [1.807, 2.05) is 12.4 Å². The summed E-state index contributed by atoms with van der Waals surface area (Å²) in [4.78, 5) is 7.92. The van der Waals surface area contributed by atoms with Gasteiger partial charge in [0.15, 0.2) is 4.96 Å². The van der Waals surface area contributed by atoms with Crippen LogP contribution < -0.4 is 4.90 Å². The van der Waals surface area contributed by atoms with Gasteiger partial charge in [-0.2, -0.15) is 0 Å². The largest absolute Gasteiger partial charge is 0.372 e. The van der Waals surface area contributed by atoms with Gasteiger partial charge in [-0.05, 0) is 31.0 Å². The zero-order chi connectivity index (χ0) is 13.2. The van der Waals surface area contributed by atoms with Crippen molar-refractivity contribution in [2.45, 2.75) is 26.7 Å². The molecule has 19 heavy (non-hydrogen) atoms. The molecule has 0 aliphatic heterocycles. The molecular formula is C15H19N3S. The van der Waals surface area contributed by atoms with Gasteiger partial charge in [-0.25, -0.2) is 4.98 Å². The maximum absolute atomic E-state index is 4.37. The number of hydrogen-bond acceptors (Lipinski definition) is 3. The normalized spacial score (nSPS) is 11.5. The lowest BCUT2D eigenvalue weighted by atomic mass is 10.2. The van der Waals surface area contributed by atoms with Crippen molar-refractivity contribution in [3.63, 3.8) is 0 Å². The van der Waals surface area contributed by atoms with Gasteiger partial charge >= 0.3 is 0 Å². The fourth-order valence-corrected chi connectivity index (χ4v) is 3.56. The van der Waals surface area contributed by atoms with Gasteiger partial charge in [0.25, 0.3) is 0 Å². The summed E-state index contributed by atoms with van der Waals surface area (Å²) in [6, 6.07) is 6.76. The first-order valence-electron chi connectivity index (χ1n) is 6.94. The summed E-state index contributed by atoms with van der Waals surface area (Å²) >= 11 is 1.76. The zero-order valence-electron chi connectivity index (χ0n) is 11.5. The molecule has 0 radical (unpaired) electrons. The average Bonchev–Trinajstić information content (AvgIpc) is 2.98. The summed E-state index contributed by atoms with van der Waals surface area (Å²) in [5.74, 6) is 0. The maximum Gasteiger partial charge on any atom is 0.194 e. The highest BCUT2D eigenvalue weighted by molar-refractivity contribution is 7.23. The highest BCUT2D eigenvalue weighted by atomic mass is 32.1. The van der Waals surface area contributed by atoms with E-state index in [1.54, 1.807) is 11.3 Å². The highest BCUT2D eigenvalue weighted by Gasteiger charge is 2.09. The summed E-state index contributed by atoms with van der Waals surface area (Å²) in [5.41, 5.74) is 2.59. The molecule has 3 aromatic rings. The van der Waals surface area contributed by atoms with Gasteiger partial charge in [0, 0.05) is 31.2 Å². The number of thiazole rings is 1. The minimum atomic E-state index is 1.07. The molecule has 0 amide bonds. The molecule has 0 N–H and O–H groups in total. The molecule has 3 nitrogen and oxygen atoms in total. The first kappa shape index (κ1) is 12.5. The molecule has 0 saturated carbocycles. The standard InChI is InChI=1S/C15H19N3S/c1-3-8-17(9-4-2)12-5-6-13-14(11-12)19-15-16-7-10-18(13)15/h5-7,10-11H,3-4,8-9H2,1-2H3. The number of aromatic nitrogens is 2. The Hall–Kier alpha value is -1.55. The molecule has 4 heteroatoms. The van der Waals surface area contributed by atoms with Crippen molar-refractivity contribution >= 4 is 32.2 Å². The Bertz CT molecular complexity index is 677. The second-order valence-electron chi connectivity index (χ2n) is 4.82. The monoisotopic (exact) mass is 273 g/mol. The third kappa shape index (κ3) is 2.21. The van der Waals surface area contributed by atoms with Crippen molar-refractivity contribution in [3.05, 3.63) is 30.6 Å². The number of rotatable bonds is 5. The molecule has 0 unspecified atom stereocenters. The van der Waals surface area contributed by atoms with Crippen LogP contribution in [0.1, 0.15) is 26.7 Å². The Labute approximate surface area is 117 Å². The number of benzene rings is 1. The van der Waals surface area contributed by atoms with E-state index < -0.39 is 0 Å². The van der Waals surface area contributed by atoms with Gasteiger partial charge in [0.05, 0.1) is 10.2 Å². The highest BCUT2D eigenvalue weighted by Crippen LogP contribution is 2.29. The fraction of sp³-hybridized carbons (Fsp3) is 0.400. The first-order valence-corrected chi connectivity index (χ1v) is 7.75. The molecule has 3 rings (SSSR count). The van der Waals surface area contributed by atoms with Gasteiger partial charge in [-0.3, -0.25) is 4.40 Å². The van der Waals surface area contributed by atoms with E-state index in [2.05, 4.69) is 46.3 Å². The minimum absolute atomic E-state index is 1.07. The lowest BCUT2D eigenvalue weighted by Crippen LogP contribution is -2.24. The van der Waals surface area contributed by atoms with Crippen LogP contribution in [0.3, 0.4) is 0 Å². The van der Waals surface area contributed by atoms with E-state index in [4.69, 9.17) is 0 Å². The molecule has 2 aromatic heterocycles. The lowest BCUT2D eigenvalue weighted by Gasteiger charge is -2.23. The van der Waals surface area contributed by atoms with E-state index in [1.165, 1.54) is 28.7 Å². The Morgan fingerprint density at radius 3 is 2.74 bits per heavy atom. The van der Waals surface area contributed by atoms with Crippen LogP contribution in [0.15, 0.2) is 30.6 Å². The van der Waals surface area contributed by atoms with Gasteiger partial charge in [-0.1, -0.05) is 25.2 Å². The molecule has 0 spiro atoms. The van der Waals surface area contributed by atoms with Crippen molar-refractivity contribution in [3.8, 4) is 0 Å². The summed E-state index contributed by atoms with van der Waals surface area (Å²) < 4.78 is 3.48. The van der Waals surface area contributed by atoms with Gasteiger partial charge in [0.1, 0.15) is 0 Å². The number of fused-ring (bicyclic) bond motifs is 3. The molecule has 0 aliphatic carbocycles. The van der Waals surface area contributed by atoms with Crippen molar-refractivity contribution in [1.82, 2.24) is 9.38 Å². The number of anilines is 1. The van der Waals surface area contributed by atoms with Crippen LogP contribution in [0, 0.1) is 0 Å². The second kappa shape index (κ2) is 5.21. The Balaban J connectivity index is 2.04. The van der Waals surface area contributed by atoms with Crippen molar-refractivity contribution in [2.75, 3.05) is 18.0 Å². The molecule has 0 fully saturated rings. The minimum Gasteiger partial charge on any atom is -0.372 e. The predicted molar refractivity (Wildman–Crippen MR) is 83.4 cm³/mol. The van der Waals surface area contributed by atoms with E-state index in [0.717, 1.165) is 18.1 Å². The second-order valence-corrected chi connectivity index (χ2v) is 5.83. The smallest absolute Gasteiger partial charge is 0.194 e. The van der Waals surface area contributed by atoms with Crippen LogP contribution in [0.25, 0.3) is 15.2 Å². The summed E-state index contributed by atoms with van der Waals surface area (Å²) in [5, 5.41) is 0. The summed E-state index contributed by atoms with van der Waals surface area (Å²) in [7, 11) is 0. The Morgan fingerprint density at radius 1 is 1.21 bits per heavy atom. The Kier molecular flexibility index (Phi) is 3.42. The van der Waals surface area contributed by atoms with Crippen LogP contribution in [0.5, 0.6) is 0 Å². The van der Waals surface area contributed by atoms with Crippen LogP contribution in [-0.2, 0) is 0 Å². The fourth-order valence-electron chi connectivity index (χ4n) is 2.54. The van der Waals surface area contributed by atoms with Crippen LogP contribution in [0.2, 0.25) is 0 Å². The molecule has 0 aliphatic rings. The molecule has 0 saturated heterocycles. The molecule has 0 atom stereocenters. The predicted octanol–water partition coefficient (Wildman–Crippen LogP) is 4.18. The van der Waals surface area contributed by atoms with Crippen molar-refractivity contribution in [1.29, 1.82) is 0 Å². The van der Waals surface area contributed by atoms with Gasteiger partial charge in [0.2, 0.25) is 0 Å². The lowest BCUT2D eigenvalue weighted by molar-refractivity contribution is 0.745. The Morgan fingerprint density at radius 2 is 2.00 bits per heavy atom. The number of hydrogen-bond donors (Lipinski definition) is 0. The van der Waals surface area contributed by atoms with E-state index >= 15 is 0 Å². The van der Waals surface area contributed by atoms with E-state index in [9.17, 15) is 0 Å². The third-order valence-electron chi connectivity index (χ3n) is 3.36. The van der Waals surface area contributed by atoms with E-state index in [0.29, 0.717) is 0 Å². The average molecular weight is 273 g/mol. The zero-order valence-corrected chi connectivity index (χ0v) is 12.3. The van der Waals surface area contributed by atoms with E-state index in [-0.39, 0.29) is 0 Å². The molecular weight excluding hydrogens is 254 g/mol. The van der Waals surface area contributed by atoms with Gasteiger partial charge < -0.3 is 4.90 Å². The number of nitrogens with zero attached hydrogens (tertiary/aromatic N) is 3. The SMILES string of the molecule is CCCN(CCC)c1ccc2c(c1)sc1nccn12. The van der Waals surface area contributed by atoms with Crippen LogP contribution >= 0.6 is 11.3 Å². The number of imidazole rings is 1. The molecule has 0 bridgehead atoms. The van der Waals surface area contributed by atoms with Crippen molar-refractivity contribution in [2.24, 2.45) is 0 Å². The molecule has 1 aromatic carbocycles. The topological polar surface area (TPSA) is 20.5 Å². The van der Waals surface area contributed by atoms with Crippen LogP contribution in [-0.4, -0.2) is 22.5 Å².